The molecule has 0 unspecified atom stereocenters. The van der Waals surface area contributed by atoms with Gasteiger partial charge in [0.15, 0.2) is 0 Å². The molecule has 1 aromatic heterocycles. The number of carbonyl (C=O) groups excluding carboxylic acids is 2. The molecule has 166 valence electrons. The Hall–Kier alpha value is -2.94. The number of ether oxygens (including phenoxy) is 1. The zero-order chi connectivity index (χ0) is 22.8. The SMILES string of the molecule is CC(C)C[C@H](NC(=O)OCc1ccccc1)C(=O)N[C@@H](Cc1cccnc1Br)C(=O)O. The second kappa shape index (κ2) is 12.0. The Balaban J connectivity index is 2.01. The van der Waals surface area contributed by atoms with Gasteiger partial charge in [-0.1, -0.05) is 50.2 Å². The number of alkyl carbamates (subject to hydrolysis) is 1. The number of halogens is 1. The number of carboxylic acids is 1. The fourth-order valence-electron chi connectivity index (χ4n) is 2.87. The molecule has 31 heavy (non-hydrogen) atoms. The lowest BCUT2D eigenvalue weighted by Gasteiger charge is -2.22. The van der Waals surface area contributed by atoms with Crippen molar-refractivity contribution in [3.05, 3.63) is 64.4 Å². The maximum Gasteiger partial charge on any atom is 0.408 e. The zero-order valence-corrected chi connectivity index (χ0v) is 19.0. The Kier molecular flexibility index (Phi) is 9.45. The number of nitrogens with zero attached hydrogens (tertiary/aromatic N) is 1. The lowest BCUT2D eigenvalue weighted by atomic mass is 10.0. The Morgan fingerprint density at radius 3 is 2.39 bits per heavy atom. The number of carbonyl (C=O) groups is 3. The number of pyridine rings is 1. The van der Waals surface area contributed by atoms with Crippen LogP contribution in [0.2, 0.25) is 0 Å². The first kappa shape index (κ1) is 24.3. The van der Waals surface area contributed by atoms with Crippen LogP contribution in [0, 0.1) is 5.92 Å². The first-order valence-corrected chi connectivity index (χ1v) is 10.6. The summed E-state index contributed by atoms with van der Waals surface area (Å²) in [6.07, 6.45) is 1.20. The highest BCUT2D eigenvalue weighted by Crippen LogP contribution is 2.15. The van der Waals surface area contributed by atoms with Crippen LogP contribution in [-0.4, -0.2) is 40.1 Å². The van der Waals surface area contributed by atoms with E-state index in [1.807, 2.05) is 44.2 Å². The number of aromatic nitrogens is 1. The van der Waals surface area contributed by atoms with Crippen LogP contribution in [0.15, 0.2) is 53.3 Å². The third kappa shape index (κ3) is 8.37. The van der Waals surface area contributed by atoms with Gasteiger partial charge >= 0.3 is 12.1 Å². The molecule has 0 aliphatic carbocycles. The van der Waals surface area contributed by atoms with Crippen molar-refractivity contribution in [2.75, 3.05) is 0 Å². The molecule has 0 fully saturated rings. The second-order valence-corrected chi connectivity index (χ2v) is 8.20. The fraction of sp³-hybridized carbons (Fsp3) is 0.364. The van der Waals surface area contributed by atoms with Gasteiger partial charge in [0.25, 0.3) is 0 Å². The standard InChI is InChI=1S/C22H26BrN3O5/c1-14(2)11-17(26-22(30)31-13-15-7-4-3-5-8-15)20(27)25-18(21(28)29)12-16-9-6-10-24-19(16)23/h3-10,14,17-18H,11-13H2,1-2H3,(H,25,27)(H,26,30)(H,28,29)/t17-,18-/m0/s1. The number of rotatable bonds is 10. The van der Waals surface area contributed by atoms with Gasteiger partial charge in [0.2, 0.25) is 5.91 Å². The number of hydrogen-bond acceptors (Lipinski definition) is 5. The first-order chi connectivity index (χ1) is 14.8. The predicted molar refractivity (Wildman–Crippen MR) is 118 cm³/mol. The molecule has 3 N–H and O–H groups in total. The van der Waals surface area contributed by atoms with Gasteiger partial charge in [-0.2, -0.15) is 0 Å². The normalized spacial score (nSPS) is 12.6. The highest BCUT2D eigenvalue weighted by molar-refractivity contribution is 9.10. The molecular weight excluding hydrogens is 466 g/mol. The van der Waals surface area contributed by atoms with Gasteiger partial charge in [-0.05, 0) is 45.5 Å². The van der Waals surface area contributed by atoms with Crippen molar-refractivity contribution in [1.29, 1.82) is 0 Å². The van der Waals surface area contributed by atoms with Crippen molar-refractivity contribution >= 4 is 33.9 Å². The molecule has 0 spiro atoms. The van der Waals surface area contributed by atoms with E-state index in [4.69, 9.17) is 4.74 Å². The first-order valence-electron chi connectivity index (χ1n) is 9.86. The fourth-order valence-corrected chi connectivity index (χ4v) is 3.29. The third-order valence-corrected chi connectivity index (χ3v) is 5.12. The summed E-state index contributed by atoms with van der Waals surface area (Å²) in [5.41, 5.74) is 1.46. The number of carboxylic acid groups (broad SMARTS) is 1. The lowest BCUT2D eigenvalue weighted by molar-refractivity contribution is -0.142. The maximum atomic E-state index is 12.8. The Morgan fingerprint density at radius 1 is 1.06 bits per heavy atom. The molecule has 0 radical (unpaired) electrons. The van der Waals surface area contributed by atoms with Crippen LogP contribution in [0.1, 0.15) is 31.4 Å². The van der Waals surface area contributed by atoms with Gasteiger partial charge in [0.1, 0.15) is 23.3 Å². The van der Waals surface area contributed by atoms with Crippen LogP contribution >= 0.6 is 15.9 Å². The van der Waals surface area contributed by atoms with E-state index >= 15 is 0 Å². The van der Waals surface area contributed by atoms with Gasteiger partial charge in [-0.15, -0.1) is 0 Å². The van der Waals surface area contributed by atoms with E-state index in [9.17, 15) is 19.5 Å². The quantitative estimate of drug-likeness (QED) is 0.438. The summed E-state index contributed by atoms with van der Waals surface area (Å²) >= 11 is 3.28. The van der Waals surface area contributed by atoms with Crippen LogP contribution < -0.4 is 10.6 Å². The van der Waals surface area contributed by atoms with Crippen LogP contribution in [0.25, 0.3) is 0 Å². The van der Waals surface area contributed by atoms with Crippen LogP contribution in [0.4, 0.5) is 4.79 Å². The summed E-state index contributed by atoms with van der Waals surface area (Å²) in [4.78, 5) is 40.8. The molecule has 2 atom stereocenters. The molecule has 2 amide bonds. The van der Waals surface area contributed by atoms with E-state index in [1.54, 1.807) is 18.3 Å². The predicted octanol–water partition coefficient (Wildman–Crippen LogP) is 3.30. The van der Waals surface area contributed by atoms with E-state index in [0.29, 0.717) is 16.6 Å². The smallest absolute Gasteiger partial charge is 0.408 e. The Bertz CT molecular complexity index is 892. The van der Waals surface area contributed by atoms with Gasteiger partial charge in [0.05, 0.1) is 0 Å². The van der Waals surface area contributed by atoms with Crippen molar-refractivity contribution in [1.82, 2.24) is 15.6 Å². The van der Waals surface area contributed by atoms with Crippen molar-refractivity contribution in [3.8, 4) is 0 Å². The summed E-state index contributed by atoms with van der Waals surface area (Å²) in [6, 6.07) is 10.5. The molecule has 0 saturated heterocycles. The minimum Gasteiger partial charge on any atom is -0.480 e. The molecule has 0 bridgehead atoms. The molecule has 0 aliphatic rings. The number of hydrogen-bond donors (Lipinski definition) is 3. The van der Waals surface area contributed by atoms with E-state index in [0.717, 1.165) is 5.56 Å². The average molecular weight is 492 g/mol. The van der Waals surface area contributed by atoms with Gasteiger partial charge < -0.3 is 20.5 Å². The maximum absolute atomic E-state index is 12.8. The van der Waals surface area contributed by atoms with Crippen LogP contribution in [0.5, 0.6) is 0 Å². The van der Waals surface area contributed by atoms with Gasteiger partial charge in [-0.3, -0.25) is 4.79 Å². The average Bonchev–Trinajstić information content (AvgIpc) is 2.73. The van der Waals surface area contributed by atoms with Gasteiger partial charge in [0, 0.05) is 12.6 Å². The largest absolute Gasteiger partial charge is 0.480 e. The summed E-state index contributed by atoms with van der Waals surface area (Å²) in [5.74, 6) is -1.68. The molecule has 2 aromatic rings. The molecule has 9 heteroatoms. The molecule has 1 heterocycles. The highest BCUT2D eigenvalue weighted by atomic mass is 79.9. The number of aliphatic carboxylic acids is 1. The molecular formula is C22H26BrN3O5. The number of amides is 2. The van der Waals surface area contributed by atoms with Crippen molar-refractivity contribution in [3.63, 3.8) is 0 Å². The van der Waals surface area contributed by atoms with Crippen LogP contribution in [0.3, 0.4) is 0 Å². The molecule has 0 aliphatic heterocycles. The highest BCUT2D eigenvalue weighted by Gasteiger charge is 2.28. The van der Waals surface area contributed by atoms with Gasteiger partial charge in [-0.25, -0.2) is 14.6 Å². The summed E-state index contributed by atoms with van der Waals surface area (Å²) in [6.45, 7) is 3.87. The van der Waals surface area contributed by atoms with Crippen LogP contribution in [-0.2, 0) is 27.4 Å². The van der Waals surface area contributed by atoms with E-state index in [1.165, 1.54) is 0 Å². The minimum absolute atomic E-state index is 0.0440. The van der Waals surface area contributed by atoms with Crippen molar-refractivity contribution in [2.45, 2.75) is 45.4 Å². The van der Waals surface area contributed by atoms with Crippen molar-refractivity contribution in [2.24, 2.45) is 5.92 Å². The Labute approximate surface area is 189 Å². The molecule has 2 rings (SSSR count). The second-order valence-electron chi connectivity index (χ2n) is 7.45. The summed E-state index contributed by atoms with van der Waals surface area (Å²) in [7, 11) is 0. The molecule has 8 nitrogen and oxygen atoms in total. The monoisotopic (exact) mass is 491 g/mol. The van der Waals surface area contributed by atoms with E-state index < -0.39 is 30.1 Å². The summed E-state index contributed by atoms with van der Waals surface area (Å²) < 4.78 is 5.70. The van der Waals surface area contributed by atoms with Crippen molar-refractivity contribution < 1.29 is 24.2 Å². The third-order valence-electron chi connectivity index (χ3n) is 4.40. The Morgan fingerprint density at radius 2 is 1.77 bits per heavy atom. The summed E-state index contributed by atoms with van der Waals surface area (Å²) in [5, 5.41) is 14.6. The van der Waals surface area contributed by atoms with E-state index in [2.05, 4.69) is 31.5 Å². The minimum atomic E-state index is -1.18. The number of benzene rings is 1. The number of nitrogens with one attached hydrogen (secondary N) is 2. The molecule has 0 saturated carbocycles. The van der Waals surface area contributed by atoms with E-state index in [-0.39, 0.29) is 18.9 Å². The zero-order valence-electron chi connectivity index (χ0n) is 17.4. The lowest BCUT2D eigenvalue weighted by Crippen LogP contribution is -2.52. The topological polar surface area (TPSA) is 118 Å². The molecule has 1 aromatic carbocycles.